The van der Waals surface area contributed by atoms with Gasteiger partial charge in [0, 0.05) is 16.5 Å². The number of aromatic nitrogens is 1. The molecule has 0 radical (unpaired) electrons. The number of ether oxygens (including phenoxy) is 2. The molecule has 10 aromatic rings. The first-order chi connectivity index (χ1) is 30.2. The van der Waals surface area contributed by atoms with Crippen LogP contribution in [-0.4, -0.2) is 34.9 Å². The molecule has 0 atom stereocenters. The standard InChI is InChI=1S/C56H45NO2Si2/c1-58-43-28-32-49(33-29-43)60(45-20-10-4-11-21-45,46-22-12-5-13-23-46)51-36-38-55-53(40-51)54-41-52(37-39-56(54)57(55)42-18-8-3-9-19-42)61(47-24-14-6-15-25-47,48-26-16-7-17-27-48)50-34-30-44(59-2)31-35-50/h3-41H,1-2H3. The first-order valence-electron chi connectivity index (χ1n) is 20.8. The molecule has 0 saturated heterocycles. The molecule has 0 amide bonds. The molecule has 0 N–H and O–H groups in total. The van der Waals surface area contributed by atoms with Crippen molar-refractivity contribution in [3.63, 3.8) is 0 Å². The zero-order valence-corrected chi connectivity index (χ0v) is 36.3. The van der Waals surface area contributed by atoms with Gasteiger partial charge in [-0.05, 0) is 90.0 Å². The van der Waals surface area contributed by atoms with Crippen LogP contribution in [0, 0.1) is 0 Å². The Hall–Kier alpha value is -7.19. The van der Waals surface area contributed by atoms with Gasteiger partial charge in [-0.1, -0.05) is 188 Å². The van der Waals surface area contributed by atoms with Gasteiger partial charge >= 0.3 is 0 Å². The third-order valence-corrected chi connectivity index (χ3v) is 22.1. The predicted molar refractivity (Wildman–Crippen MR) is 261 cm³/mol. The maximum Gasteiger partial charge on any atom is 0.179 e. The van der Waals surface area contributed by atoms with Gasteiger partial charge in [0.1, 0.15) is 11.5 Å². The van der Waals surface area contributed by atoms with Crippen LogP contribution in [0.4, 0.5) is 0 Å². The lowest BCUT2D eigenvalue weighted by Crippen LogP contribution is -2.74. The van der Waals surface area contributed by atoms with Gasteiger partial charge in [0.05, 0.1) is 25.3 Å². The fraction of sp³-hybridized carbons (Fsp3) is 0.0357. The van der Waals surface area contributed by atoms with Crippen LogP contribution < -0.4 is 51.0 Å². The van der Waals surface area contributed by atoms with Gasteiger partial charge in [0.2, 0.25) is 0 Å². The monoisotopic (exact) mass is 819 g/mol. The number of fused-ring (bicyclic) bond motifs is 3. The molecule has 1 heterocycles. The van der Waals surface area contributed by atoms with E-state index in [1.807, 2.05) is 0 Å². The Kier molecular flexibility index (Phi) is 10.0. The highest BCUT2D eigenvalue weighted by Crippen LogP contribution is 2.32. The highest BCUT2D eigenvalue weighted by Gasteiger charge is 2.43. The highest BCUT2D eigenvalue weighted by molar-refractivity contribution is 7.20. The van der Waals surface area contributed by atoms with Crippen molar-refractivity contribution in [3.05, 3.63) is 237 Å². The number of methoxy groups -OCH3 is 2. The third-order valence-electron chi connectivity index (χ3n) is 12.5. The summed E-state index contributed by atoms with van der Waals surface area (Å²) in [5.74, 6) is 1.70. The molecule has 0 spiro atoms. The van der Waals surface area contributed by atoms with E-state index in [0.29, 0.717) is 0 Å². The van der Waals surface area contributed by atoms with Crippen LogP contribution in [0.15, 0.2) is 237 Å². The summed E-state index contributed by atoms with van der Waals surface area (Å²) in [6.07, 6.45) is 0. The lowest BCUT2D eigenvalue weighted by Gasteiger charge is -2.35. The molecule has 5 heteroatoms. The Morgan fingerprint density at radius 2 is 0.574 bits per heavy atom. The van der Waals surface area contributed by atoms with Crippen LogP contribution in [0.3, 0.4) is 0 Å². The zero-order valence-electron chi connectivity index (χ0n) is 34.3. The third kappa shape index (κ3) is 6.33. The molecule has 0 aliphatic rings. The lowest BCUT2D eigenvalue weighted by atomic mass is 10.1. The van der Waals surface area contributed by atoms with E-state index in [4.69, 9.17) is 9.47 Å². The summed E-state index contributed by atoms with van der Waals surface area (Å²) in [4.78, 5) is 0. The first kappa shape index (κ1) is 38.0. The molecule has 0 aliphatic carbocycles. The molecule has 61 heavy (non-hydrogen) atoms. The van der Waals surface area contributed by atoms with Crippen molar-refractivity contribution in [1.82, 2.24) is 4.57 Å². The quantitative estimate of drug-likeness (QED) is 0.0995. The maximum absolute atomic E-state index is 5.71. The summed E-state index contributed by atoms with van der Waals surface area (Å²) in [5.41, 5.74) is 3.49. The van der Waals surface area contributed by atoms with Gasteiger partial charge < -0.3 is 14.0 Å². The Morgan fingerprint density at radius 1 is 0.295 bits per heavy atom. The molecular formula is C56H45NO2Si2. The molecule has 0 aliphatic heterocycles. The van der Waals surface area contributed by atoms with Crippen LogP contribution >= 0.6 is 0 Å². The van der Waals surface area contributed by atoms with E-state index in [-0.39, 0.29) is 0 Å². The van der Waals surface area contributed by atoms with E-state index in [0.717, 1.165) is 17.2 Å². The Balaban J connectivity index is 1.33. The molecule has 0 unspecified atom stereocenters. The lowest BCUT2D eigenvalue weighted by molar-refractivity contribution is 0.415. The Bertz CT molecular complexity index is 2790. The molecule has 1 aromatic heterocycles. The van der Waals surface area contributed by atoms with Gasteiger partial charge in [-0.15, -0.1) is 0 Å². The van der Waals surface area contributed by atoms with Crippen LogP contribution in [0.2, 0.25) is 0 Å². The summed E-state index contributed by atoms with van der Waals surface area (Å²) in [6, 6.07) is 87.6. The van der Waals surface area contributed by atoms with Crippen molar-refractivity contribution >= 4 is 79.4 Å². The van der Waals surface area contributed by atoms with Gasteiger partial charge in [0.15, 0.2) is 16.1 Å². The first-order valence-corrected chi connectivity index (χ1v) is 24.8. The summed E-state index contributed by atoms with van der Waals surface area (Å²) in [7, 11) is -2.32. The SMILES string of the molecule is COc1ccc([Si](c2ccccc2)(c2ccccc2)c2ccc3c(c2)c2cc([Si](c4ccccc4)(c4ccccc4)c4ccc(OC)cc4)ccc2n3-c2ccccc2)cc1. The molecule has 10 rings (SSSR count). The van der Waals surface area contributed by atoms with E-state index >= 15 is 0 Å². The van der Waals surface area contributed by atoms with Crippen molar-refractivity contribution in [1.29, 1.82) is 0 Å². The molecule has 0 saturated carbocycles. The minimum Gasteiger partial charge on any atom is -0.497 e. The summed E-state index contributed by atoms with van der Waals surface area (Å²) in [6.45, 7) is 0. The van der Waals surface area contributed by atoms with Crippen molar-refractivity contribution in [2.75, 3.05) is 14.2 Å². The number of benzene rings is 9. The van der Waals surface area contributed by atoms with Gasteiger partial charge in [-0.3, -0.25) is 0 Å². The van der Waals surface area contributed by atoms with Gasteiger partial charge in [-0.25, -0.2) is 0 Å². The van der Waals surface area contributed by atoms with E-state index in [2.05, 4.69) is 241 Å². The molecule has 0 bridgehead atoms. The topological polar surface area (TPSA) is 23.4 Å². The highest BCUT2D eigenvalue weighted by atomic mass is 28.3. The minimum atomic E-state index is -2.90. The fourth-order valence-electron chi connectivity index (χ4n) is 9.78. The fourth-order valence-corrected chi connectivity index (χ4v) is 19.3. The Morgan fingerprint density at radius 3 is 0.885 bits per heavy atom. The van der Waals surface area contributed by atoms with E-state index in [1.54, 1.807) is 14.2 Å². The van der Waals surface area contributed by atoms with E-state index < -0.39 is 16.1 Å². The summed E-state index contributed by atoms with van der Waals surface area (Å²) >= 11 is 0. The second-order valence-corrected chi connectivity index (χ2v) is 23.2. The smallest absolute Gasteiger partial charge is 0.179 e. The summed E-state index contributed by atoms with van der Waals surface area (Å²) < 4.78 is 13.9. The van der Waals surface area contributed by atoms with Crippen molar-refractivity contribution < 1.29 is 9.47 Å². The largest absolute Gasteiger partial charge is 0.497 e. The second-order valence-electron chi connectivity index (χ2n) is 15.6. The van der Waals surface area contributed by atoms with Crippen LogP contribution in [0.1, 0.15) is 0 Å². The number of para-hydroxylation sites is 1. The van der Waals surface area contributed by atoms with Crippen molar-refractivity contribution in [2.24, 2.45) is 0 Å². The average molecular weight is 820 g/mol. The maximum atomic E-state index is 5.71. The van der Waals surface area contributed by atoms with Crippen LogP contribution in [-0.2, 0) is 0 Å². The number of rotatable bonds is 11. The average Bonchev–Trinajstić information content (AvgIpc) is 3.67. The van der Waals surface area contributed by atoms with Gasteiger partial charge in [0.25, 0.3) is 0 Å². The molecule has 294 valence electrons. The van der Waals surface area contributed by atoms with Gasteiger partial charge in [-0.2, -0.15) is 0 Å². The number of hydrogen-bond donors (Lipinski definition) is 0. The molecular weight excluding hydrogens is 775 g/mol. The second kappa shape index (κ2) is 16.1. The minimum absolute atomic E-state index is 0.850. The molecule has 3 nitrogen and oxygen atoms in total. The van der Waals surface area contributed by atoms with E-state index in [1.165, 1.54) is 63.3 Å². The van der Waals surface area contributed by atoms with Crippen LogP contribution in [0.5, 0.6) is 11.5 Å². The molecule has 9 aromatic carbocycles. The van der Waals surface area contributed by atoms with Crippen molar-refractivity contribution in [3.8, 4) is 17.2 Å². The summed E-state index contributed by atoms with van der Waals surface area (Å²) in [5, 5.41) is 13.0. The Labute approximate surface area is 359 Å². The zero-order chi connectivity index (χ0) is 41.2. The number of hydrogen-bond acceptors (Lipinski definition) is 2. The number of nitrogens with zero attached hydrogens (tertiary/aromatic N) is 1. The van der Waals surface area contributed by atoms with Crippen molar-refractivity contribution in [2.45, 2.75) is 0 Å². The molecule has 0 fully saturated rings. The van der Waals surface area contributed by atoms with E-state index in [9.17, 15) is 0 Å². The predicted octanol–water partition coefficient (Wildman–Crippen LogP) is 7.56. The van der Waals surface area contributed by atoms with Crippen LogP contribution in [0.25, 0.3) is 27.5 Å². The normalized spacial score (nSPS) is 11.8.